The smallest absolute Gasteiger partial charge is 0.329 e. The Labute approximate surface area is 123 Å². The van der Waals surface area contributed by atoms with Gasteiger partial charge in [-0.05, 0) is 43.4 Å². The minimum atomic E-state index is -1.19. The summed E-state index contributed by atoms with van der Waals surface area (Å²) < 4.78 is 5.06. The number of carboxylic acids is 1. The van der Waals surface area contributed by atoms with Gasteiger partial charge in [0.25, 0.3) is 0 Å². The van der Waals surface area contributed by atoms with E-state index in [1.807, 2.05) is 12.1 Å². The van der Waals surface area contributed by atoms with E-state index < -0.39 is 17.5 Å². The van der Waals surface area contributed by atoms with E-state index in [1.54, 1.807) is 26.2 Å². The Kier molecular flexibility index (Phi) is 4.35. The van der Waals surface area contributed by atoms with Crippen molar-refractivity contribution in [2.75, 3.05) is 7.11 Å². The summed E-state index contributed by atoms with van der Waals surface area (Å²) >= 11 is 0. The van der Waals surface area contributed by atoms with Crippen LogP contribution in [0.15, 0.2) is 24.3 Å². The average Bonchev–Trinajstić information content (AvgIpc) is 3.30. The molecule has 1 aliphatic rings. The normalized spacial score (nSPS) is 16.7. The van der Waals surface area contributed by atoms with Gasteiger partial charge in [0.15, 0.2) is 0 Å². The number of carbonyl (C=O) groups is 2. The standard InChI is InChI=1S/C15H20N2O4/c1-15(13(18)19,11-5-6-11)17-14(20)16-9-10-3-7-12(21-2)8-4-10/h3-4,7-8,11H,5-6,9H2,1-2H3,(H,18,19)(H2,16,17,20). The Bertz CT molecular complexity index is 525. The summed E-state index contributed by atoms with van der Waals surface area (Å²) in [5.41, 5.74) is -0.279. The summed E-state index contributed by atoms with van der Waals surface area (Å²) in [5.74, 6) is -0.235. The van der Waals surface area contributed by atoms with Crippen molar-refractivity contribution < 1.29 is 19.4 Å². The van der Waals surface area contributed by atoms with Gasteiger partial charge in [-0.15, -0.1) is 0 Å². The number of hydrogen-bond acceptors (Lipinski definition) is 3. The van der Waals surface area contributed by atoms with Crippen molar-refractivity contribution in [2.45, 2.75) is 31.8 Å². The number of aliphatic carboxylic acids is 1. The third-order valence-electron chi connectivity index (χ3n) is 3.82. The molecule has 21 heavy (non-hydrogen) atoms. The second-order valence-electron chi connectivity index (χ2n) is 5.44. The molecule has 0 aromatic heterocycles. The minimum absolute atomic E-state index is 0.0155. The second kappa shape index (κ2) is 6.03. The summed E-state index contributed by atoms with van der Waals surface area (Å²) in [4.78, 5) is 23.2. The van der Waals surface area contributed by atoms with Crippen LogP contribution in [0.2, 0.25) is 0 Å². The molecule has 114 valence electrons. The molecular formula is C15H20N2O4. The topological polar surface area (TPSA) is 87.7 Å². The van der Waals surface area contributed by atoms with Gasteiger partial charge in [-0.25, -0.2) is 9.59 Å². The van der Waals surface area contributed by atoms with Gasteiger partial charge in [0.1, 0.15) is 11.3 Å². The lowest BCUT2D eigenvalue weighted by atomic mass is 9.96. The van der Waals surface area contributed by atoms with Crippen LogP contribution in [0.3, 0.4) is 0 Å². The van der Waals surface area contributed by atoms with E-state index in [0.29, 0.717) is 6.54 Å². The van der Waals surface area contributed by atoms with E-state index >= 15 is 0 Å². The number of amides is 2. The van der Waals surface area contributed by atoms with Crippen LogP contribution >= 0.6 is 0 Å². The van der Waals surface area contributed by atoms with Crippen molar-refractivity contribution >= 4 is 12.0 Å². The lowest BCUT2D eigenvalue weighted by molar-refractivity contribution is -0.144. The minimum Gasteiger partial charge on any atom is -0.497 e. The van der Waals surface area contributed by atoms with Gasteiger partial charge < -0.3 is 20.5 Å². The van der Waals surface area contributed by atoms with Crippen LogP contribution < -0.4 is 15.4 Å². The highest BCUT2D eigenvalue weighted by Gasteiger charge is 2.48. The highest BCUT2D eigenvalue weighted by molar-refractivity contribution is 5.86. The Morgan fingerprint density at radius 2 is 1.95 bits per heavy atom. The molecule has 1 aliphatic carbocycles. The summed E-state index contributed by atoms with van der Waals surface area (Å²) in [6.07, 6.45) is 1.67. The molecule has 6 heteroatoms. The summed E-state index contributed by atoms with van der Waals surface area (Å²) in [6, 6.07) is 6.83. The van der Waals surface area contributed by atoms with Crippen LogP contribution in [0.4, 0.5) is 4.79 Å². The predicted octanol–water partition coefficient (Wildman–Crippen LogP) is 1.75. The molecule has 0 radical (unpaired) electrons. The molecule has 2 rings (SSSR count). The van der Waals surface area contributed by atoms with Crippen LogP contribution in [-0.4, -0.2) is 29.8 Å². The maximum Gasteiger partial charge on any atom is 0.329 e. The Morgan fingerprint density at radius 1 is 1.33 bits per heavy atom. The molecule has 1 unspecified atom stereocenters. The molecule has 1 fully saturated rings. The molecule has 1 aromatic rings. The first kappa shape index (κ1) is 15.2. The van der Waals surface area contributed by atoms with Crippen LogP contribution in [0.5, 0.6) is 5.75 Å². The first-order valence-electron chi connectivity index (χ1n) is 6.88. The molecule has 0 bridgehead atoms. The highest BCUT2D eigenvalue weighted by Crippen LogP contribution is 2.39. The first-order chi connectivity index (χ1) is 9.95. The third kappa shape index (κ3) is 3.65. The number of carbonyl (C=O) groups excluding carboxylic acids is 1. The monoisotopic (exact) mass is 292 g/mol. The van der Waals surface area contributed by atoms with Gasteiger partial charge in [-0.3, -0.25) is 0 Å². The number of carboxylic acid groups (broad SMARTS) is 1. The maximum absolute atomic E-state index is 11.9. The van der Waals surface area contributed by atoms with Gasteiger partial charge in [0.05, 0.1) is 7.11 Å². The molecule has 0 heterocycles. The number of ether oxygens (including phenoxy) is 1. The van der Waals surface area contributed by atoms with Gasteiger partial charge in [0.2, 0.25) is 0 Å². The van der Waals surface area contributed by atoms with Crippen molar-refractivity contribution in [3.05, 3.63) is 29.8 Å². The SMILES string of the molecule is COc1ccc(CNC(=O)NC(C)(C(=O)O)C2CC2)cc1. The van der Waals surface area contributed by atoms with E-state index in [4.69, 9.17) is 4.74 Å². The number of hydrogen-bond donors (Lipinski definition) is 3. The van der Waals surface area contributed by atoms with E-state index in [1.165, 1.54) is 0 Å². The zero-order chi connectivity index (χ0) is 15.5. The number of urea groups is 1. The zero-order valence-electron chi connectivity index (χ0n) is 12.2. The number of benzene rings is 1. The summed E-state index contributed by atoms with van der Waals surface area (Å²) in [6.45, 7) is 1.89. The summed E-state index contributed by atoms with van der Waals surface area (Å²) in [7, 11) is 1.59. The van der Waals surface area contributed by atoms with E-state index in [0.717, 1.165) is 24.2 Å². The second-order valence-corrected chi connectivity index (χ2v) is 5.44. The number of methoxy groups -OCH3 is 1. The van der Waals surface area contributed by atoms with Gasteiger partial charge >= 0.3 is 12.0 Å². The molecule has 0 spiro atoms. The third-order valence-corrected chi connectivity index (χ3v) is 3.82. The van der Waals surface area contributed by atoms with Crippen molar-refractivity contribution in [2.24, 2.45) is 5.92 Å². The Hall–Kier alpha value is -2.24. The lowest BCUT2D eigenvalue weighted by Gasteiger charge is -2.26. The fourth-order valence-electron chi connectivity index (χ4n) is 2.20. The van der Waals surface area contributed by atoms with Crippen LogP contribution in [0, 0.1) is 5.92 Å². The number of nitrogens with one attached hydrogen (secondary N) is 2. The Balaban J connectivity index is 1.87. The van der Waals surface area contributed by atoms with E-state index in [9.17, 15) is 14.7 Å². The van der Waals surface area contributed by atoms with Crippen molar-refractivity contribution in [3.63, 3.8) is 0 Å². The highest BCUT2D eigenvalue weighted by atomic mass is 16.5. The molecule has 3 N–H and O–H groups in total. The lowest BCUT2D eigenvalue weighted by Crippen LogP contribution is -2.56. The van der Waals surface area contributed by atoms with Crippen LogP contribution in [0.1, 0.15) is 25.3 Å². The molecule has 2 amide bonds. The van der Waals surface area contributed by atoms with Crippen molar-refractivity contribution in [1.82, 2.24) is 10.6 Å². The van der Waals surface area contributed by atoms with Crippen molar-refractivity contribution in [3.8, 4) is 5.75 Å². The van der Waals surface area contributed by atoms with Crippen molar-refractivity contribution in [1.29, 1.82) is 0 Å². The molecule has 6 nitrogen and oxygen atoms in total. The zero-order valence-corrected chi connectivity index (χ0v) is 12.2. The van der Waals surface area contributed by atoms with E-state index in [2.05, 4.69) is 10.6 Å². The molecule has 1 saturated carbocycles. The molecule has 1 atom stereocenters. The van der Waals surface area contributed by atoms with Crippen LogP contribution in [0.25, 0.3) is 0 Å². The van der Waals surface area contributed by atoms with Gasteiger partial charge in [-0.2, -0.15) is 0 Å². The maximum atomic E-state index is 11.9. The quantitative estimate of drug-likeness (QED) is 0.745. The van der Waals surface area contributed by atoms with Crippen LogP contribution in [-0.2, 0) is 11.3 Å². The largest absolute Gasteiger partial charge is 0.497 e. The molecule has 1 aromatic carbocycles. The average molecular weight is 292 g/mol. The first-order valence-corrected chi connectivity index (χ1v) is 6.88. The molecule has 0 aliphatic heterocycles. The molecular weight excluding hydrogens is 272 g/mol. The fourth-order valence-corrected chi connectivity index (χ4v) is 2.20. The van der Waals surface area contributed by atoms with Gasteiger partial charge in [0, 0.05) is 6.54 Å². The Morgan fingerprint density at radius 3 is 2.43 bits per heavy atom. The molecule has 0 saturated heterocycles. The predicted molar refractivity (Wildman–Crippen MR) is 77.1 cm³/mol. The summed E-state index contributed by atoms with van der Waals surface area (Å²) in [5, 5.41) is 14.5. The number of rotatable bonds is 6. The van der Waals surface area contributed by atoms with E-state index in [-0.39, 0.29) is 5.92 Å². The van der Waals surface area contributed by atoms with Gasteiger partial charge in [-0.1, -0.05) is 12.1 Å². The fraction of sp³-hybridized carbons (Fsp3) is 0.467.